The maximum Gasteiger partial charge on any atom is 0.0964 e. The topological polar surface area (TPSA) is 63.0 Å². The molecule has 0 aromatic carbocycles. The maximum atomic E-state index is 8.70. The van der Waals surface area contributed by atoms with Crippen LogP contribution in [0.1, 0.15) is 31.9 Å². The Morgan fingerprint density at radius 3 is 3.07 bits per heavy atom. The molecule has 1 rings (SSSR count). The number of aliphatic hydroxyl groups excluding tert-OH is 1. The zero-order valence-corrected chi connectivity index (χ0v) is 9.32. The minimum atomic E-state index is 0.104. The molecule has 86 valence electrons. The molecule has 1 heterocycles. The summed E-state index contributed by atoms with van der Waals surface area (Å²) >= 11 is 0. The van der Waals surface area contributed by atoms with Gasteiger partial charge in [-0.3, -0.25) is 0 Å². The van der Waals surface area contributed by atoms with Crippen molar-refractivity contribution in [2.24, 2.45) is 0 Å². The van der Waals surface area contributed by atoms with Crippen molar-refractivity contribution in [2.75, 3.05) is 13.2 Å². The molecule has 0 saturated heterocycles. The molecule has 0 radical (unpaired) electrons. The van der Waals surface area contributed by atoms with Gasteiger partial charge in [0, 0.05) is 12.7 Å². The first-order chi connectivity index (χ1) is 7.36. The number of aromatic nitrogens is 3. The van der Waals surface area contributed by atoms with E-state index in [1.807, 2.05) is 6.20 Å². The van der Waals surface area contributed by atoms with Crippen LogP contribution in [0.5, 0.6) is 0 Å². The minimum absolute atomic E-state index is 0.104. The number of nitrogens with zero attached hydrogens (tertiary/aromatic N) is 3. The van der Waals surface area contributed by atoms with Crippen molar-refractivity contribution in [1.29, 1.82) is 0 Å². The lowest BCUT2D eigenvalue weighted by Gasteiger charge is -2.00. The standard InChI is InChI=1S/C10H20N4O/c1-2-3-4-5-11-8-10-9-14(6-7-15)13-12-10/h9,11,15H,2-8H2,1H3. The Hall–Kier alpha value is -0.940. The third-order valence-corrected chi connectivity index (χ3v) is 2.18. The Balaban J connectivity index is 2.14. The summed E-state index contributed by atoms with van der Waals surface area (Å²) in [6, 6.07) is 0. The average molecular weight is 212 g/mol. The van der Waals surface area contributed by atoms with Gasteiger partial charge in [0.1, 0.15) is 0 Å². The average Bonchev–Trinajstić information content (AvgIpc) is 2.66. The fourth-order valence-electron chi connectivity index (χ4n) is 1.35. The van der Waals surface area contributed by atoms with Gasteiger partial charge in [-0.15, -0.1) is 5.10 Å². The van der Waals surface area contributed by atoms with E-state index in [1.165, 1.54) is 19.3 Å². The lowest BCUT2D eigenvalue weighted by Crippen LogP contribution is -2.14. The Morgan fingerprint density at radius 2 is 2.33 bits per heavy atom. The summed E-state index contributed by atoms with van der Waals surface area (Å²) in [7, 11) is 0. The Bertz CT molecular complexity index is 262. The van der Waals surface area contributed by atoms with Crippen molar-refractivity contribution in [2.45, 2.75) is 39.3 Å². The van der Waals surface area contributed by atoms with E-state index in [-0.39, 0.29) is 6.61 Å². The molecular weight excluding hydrogens is 192 g/mol. The van der Waals surface area contributed by atoms with Gasteiger partial charge in [0.05, 0.1) is 18.8 Å². The van der Waals surface area contributed by atoms with Crippen LogP contribution in [0.15, 0.2) is 6.20 Å². The normalized spacial score (nSPS) is 10.8. The highest BCUT2D eigenvalue weighted by Gasteiger charge is 1.98. The third-order valence-electron chi connectivity index (χ3n) is 2.18. The number of hydrogen-bond donors (Lipinski definition) is 2. The second-order valence-corrected chi connectivity index (χ2v) is 3.58. The molecular formula is C10H20N4O. The highest BCUT2D eigenvalue weighted by Crippen LogP contribution is 1.94. The fraction of sp³-hybridized carbons (Fsp3) is 0.800. The number of unbranched alkanes of at least 4 members (excludes halogenated alkanes) is 2. The molecule has 1 aromatic rings. The van der Waals surface area contributed by atoms with Crippen LogP contribution in [-0.4, -0.2) is 33.3 Å². The smallest absolute Gasteiger partial charge is 0.0964 e. The van der Waals surface area contributed by atoms with E-state index in [4.69, 9.17) is 5.11 Å². The summed E-state index contributed by atoms with van der Waals surface area (Å²) < 4.78 is 1.66. The Morgan fingerprint density at radius 1 is 1.47 bits per heavy atom. The summed E-state index contributed by atoms with van der Waals surface area (Å²) in [4.78, 5) is 0. The largest absolute Gasteiger partial charge is 0.394 e. The zero-order valence-electron chi connectivity index (χ0n) is 9.32. The first-order valence-corrected chi connectivity index (χ1v) is 5.57. The zero-order chi connectivity index (χ0) is 10.9. The van der Waals surface area contributed by atoms with Gasteiger partial charge >= 0.3 is 0 Å². The van der Waals surface area contributed by atoms with E-state index < -0.39 is 0 Å². The lowest BCUT2D eigenvalue weighted by atomic mass is 10.2. The molecule has 15 heavy (non-hydrogen) atoms. The van der Waals surface area contributed by atoms with Gasteiger partial charge in [0.2, 0.25) is 0 Å². The molecule has 0 unspecified atom stereocenters. The molecule has 1 aromatic heterocycles. The summed E-state index contributed by atoms with van der Waals surface area (Å²) in [6.45, 7) is 4.60. The second kappa shape index (κ2) is 7.36. The number of rotatable bonds is 8. The molecule has 5 nitrogen and oxygen atoms in total. The predicted octanol–water partition coefficient (Wildman–Crippen LogP) is 0.550. The quantitative estimate of drug-likeness (QED) is 0.618. The van der Waals surface area contributed by atoms with Crippen molar-refractivity contribution in [3.05, 3.63) is 11.9 Å². The molecule has 2 N–H and O–H groups in total. The van der Waals surface area contributed by atoms with Crippen LogP contribution in [0.25, 0.3) is 0 Å². The van der Waals surface area contributed by atoms with Gasteiger partial charge in [0.15, 0.2) is 0 Å². The minimum Gasteiger partial charge on any atom is -0.394 e. The van der Waals surface area contributed by atoms with Crippen molar-refractivity contribution in [1.82, 2.24) is 20.3 Å². The van der Waals surface area contributed by atoms with Crippen LogP contribution in [0.4, 0.5) is 0 Å². The van der Waals surface area contributed by atoms with Crippen molar-refractivity contribution in [3.63, 3.8) is 0 Å². The molecule has 0 amide bonds. The predicted molar refractivity (Wildman–Crippen MR) is 58.3 cm³/mol. The van der Waals surface area contributed by atoms with Gasteiger partial charge in [-0.1, -0.05) is 25.0 Å². The van der Waals surface area contributed by atoms with Crippen LogP contribution in [-0.2, 0) is 13.1 Å². The van der Waals surface area contributed by atoms with Gasteiger partial charge in [-0.2, -0.15) is 0 Å². The van der Waals surface area contributed by atoms with Gasteiger partial charge in [-0.05, 0) is 13.0 Å². The fourth-order valence-corrected chi connectivity index (χ4v) is 1.35. The SMILES string of the molecule is CCCCCNCc1cn(CCO)nn1. The highest BCUT2D eigenvalue weighted by molar-refractivity contribution is 4.91. The van der Waals surface area contributed by atoms with Crippen LogP contribution >= 0.6 is 0 Å². The first-order valence-electron chi connectivity index (χ1n) is 5.57. The van der Waals surface area contributed by atoms with E-state index in [9.17, 15) is 0 Å². The molecule has 0 saturated carbocycles. The molecule has 0 aliphatic carbocycles. The second-order valence-electron chi connectivity index (χ2n) is 3.58. The number of hydrogen-bond acceptors (Lipinski definition) is 4. The van der Waals surface area contributed by atoms with E-state index in [1.54, 1.807) is 4.68 Å². The van der Waals surface area contributed by atoms with Crippen molar-refractivity contribution >= 4 is 0 Å². The summed E-state index contributed by atoms with van der Waals surface area (Å²) in [5.41, 5.74) is 0.931. The van der Waals surface area contributed by atoms with Crippen LogP contribution in [0.3, 0.4) is 0 Å². The van der Waals surface area contributed by atoms with Gasteiger partial charge in [0.25, 0.3) is 0 Å². The third kappa shape index (κ3) is 4.90. The highest BCUT2D eigenvalue weighted by atomic mass is 16.3. The van der Waals surface area contributed by atoms with Crippen LogP contribution in [0, 0.1) is 0 Å². The molecule has 0 aliphatic rings. The number of aliphatic hydroxyl groups is 1. The molecule has 0 fully saturated rings. The van der Waals surface area contributed by atoms with Crippen LogP contribution < -0.4 is 5.32 Å². The van der Waals surface area contributed by atoms with Gasteiger partial charge in [-0.25, -0.2) is 4.68 Å². The summed E-state index contributed by atoms with van der Waals surface area (Å²) in [6.07, 6.45) is 5.59. The molecule has 0 atom stereocenters. The lowest BCUT2D eigenvalue weighted by molar-refractivity contribution is 0.268. The Kier molecular flexibility index (Phi) is 5.96. The van der Waals surface area contributed by atoms with Gasteiger partial charge < -0.3 is 10.4 Å². The van der Waals surface area contributed by atoms with Crippen molar-refractivity contribution in [3.8, 4) is 0 Å². The first kappa shape index (κ1) is 12.1. The summed E-state index contributed by atoms with van der Waals surface area (Å²) in [5.74, 6) is 0. The van der Waals surface area contributed by atoms with E-state index in [0.717, 1.165) is 18.8 Å². The maximum absolute atomic E-state index is 8.70. The molecule has 0 spiro atoms. The van der Waals surface area contributed by atoms with E-state index in [2.05, 4.69) is 22.6 Å². The van der Waals surface area contributed by atoms with E-state index in [0.29, 0.717) is 6.54 Å². The van der Waals surface area contributed by atoms with Crippen molar-refractivity contribution < 1.29 is 5.11 Å². The Labute approximate surface area is 90.5 Å². The molecule has 0 bridgehead atoms. The van der Waals surface area contributed by atoms with Crippen LogP contribution in [0.2, 0.25) is 0 Å². The monoisotopic (exact) mass is 212 g/mol. The summed E-state index contributed by atoms with van der Waals surface area (Å²) in [5, 5.41) is 19.9. The number of nitrogens with one attached hydrogen (secondary N) is 1. The van der Waals surface area contributed by atoms with E-state index >= 15 is 0 Å². The molecule has 5 heteroatoms. The molecule has 0 aliphatic heterocycles.